The van der Waals surface area contributed by atoms with E-state index in [4.69, 9.17) is 15.2 Å². The molecule has 2 heterocycles. The molecule has 1 saturated heterocycles. The first-order chi connectivity index (χ1) is 22.3. The third kappa shape index (κ3) is 10.1. The van der Waals surface area contributed by atoms with Gasteiger partial charge in [-0.05, 0) is 31.2 Å². The molecule has 46 heavy (non-hydrogen) atoms. The van der Waals surface area contributed by atoms with Gasteiger partial charge in [-0.15, -0.1) is 0 Å². The molecule has 0 bridgehead atoms. The highest BCUT2D eigenvalue weighted by Crippen LogP contribution is 2.31. The number of hydrogen-bond donors (Lipinski definition) is 4. The van der Waals surface area contributed by atoms with Crippen LogP contribution in [0.5, 0.6) is 0 Å². The first-order valence-corrected chi connectivity index (χ1v) is 16.4. The van der Waals surface area contributed by atoms with Crippen LogP contribution in [0.3, 0.4) is 0 Å². The largest absolute Gasteiger partial charge is 0.466 e. The maximum absolute atomic E-state index is 14.7. The van der Waals surface area contributed by atoms with E-state index in [1.165, 1.54) is 11.2 Å². The Bertz CT molecular complexity index is 1250. The Morgan fingerprint density at radius 3 is 2.50 bits per heavy atom. The lowest BCUT2D eigenvalue weighted by Gasteiger charge is -2.41. The number of hydrogen-bond acceptors (Lipinski definition) is 9. The van der Waals surface area contributed by atoms with Crippen LogP contribution in [0.4, 0.5) is 4.79 Å². The molecule has 2 fully saturated rings. The second-order valence-electron chi connectivity index (χ2n) is 12.1. The highest BCUT2D eigenvalue weighted by Gasteiger charge is 2.42. The molecule has 4 atom stereocenters. The smallest absolute Gasteiger partial charge is 0.327 e. The molecule has 4 rings (SSSR count). The van der Waals surface area contributed by atoms with E-state index >= 15 is 0 Å². The van der Waals surface area contributed by atoms with Crippen molar-refractivity contribution in [2.24, 2.45) is 11.7 Å². The number of morpholine rings is 1. The number of benzene rings is 1. The van der Waals surface area contributed by atoms with Gasteiger partial charge in [0.1, 0.15) is 6.04 Å². The quantitative estimate of drug-likeness (QED) is 0.225. The molecule has 1 aliphatic heterocycles. The molecule has 0 unspecified atom stereocenters. The lowest BCUT2D eigenvalue weighted by atomic mass is 9.82. The Labute approximate surface area is 270 Å². The lowest BCUT2D eigenvalue weighted by molar-refractivity contribution is -0.148. The molecular weight excluding hydrogens is 592 g/mol. The minimum Gasteiger partial charge on any atom is -0.466 e. The minimum absolute atomic E-state index is 0.000356. The summed E-state index contributed by atoms with van der Waals surface area (Å²) >= 11 is 0. The van der Waals surface area contributed by atoms with Crippen molar-refractivity contribution in [1.82, 2.24) is 25.1 Å². The summed E-state index contributed by atoms with van der Waals surface area (Å²) in [6.07, 6.45) is 6.70. The van der Waals surface area contributed by atoms with Crippen LogP contribution in [0, 0.1) is 5.92 Å². The molecule has 4 amide bonds. The van der Waals surface area contributed by atoms with Crippen molar-refractivity contribution in [3.8, 4) is 0 Å². The van der Waals surface area contributed by atoms with E-state index in [1.807, 2.05) is 30.3 Å². The number of aromatic nitrogens is 2. The Morgan fingerprint density at radius 2 is 1.85 bits per heavy atom. The number of carbonyl (C=O) groups excluding carboxylic acids is 4. The van der Waals surface area contributed by atoms with Crippen molar-refractivity contribution < 1.29 is 33.8 Å². The molecule has 0 radical (unpaired) electrons. The van der Waals surface area contributed by atoms with Gasteiger partial charge in [-0.25, -0.2) is 9.78 Å². The highest BCUT2D eigenvalue weighted by atomic mass is 16.5. The van der Waals surface area contributed by atoms with Gasteiger partial charge in [0.25, 0.3) is 5.91 Å². The van der Waals surface area contributed by atoms with E-state index in [-0.39, 0.29) is 44.9 Å². The van der Waals surface area contributed by atoms with Crippen molar-refractivity contribution in [3.63, 3.8) is 0 Å². The van der Waals surface area contributed by atoms with Crippen LogP contribution in [0.2, 0.25) is 0 Å². The Hall–Kier alpha value is -3.81. The minimum atomic E-state index is -1.38. The normalized spacial score (nSPS) is 18.2. The number of amides is 4. The molecule has 13 nitrogen and oxygen atoms in total. The van der Waals surface area contributed by atoms with Crippen LogP contribution < -0.4 is 11.1 Å². The summed E-state index contributed by atoms with van der Waals surface area (Å²) in [6, 6.07) is 5.49. The Balaban J connectivity index is 1.67. The number of aliphatic hydroxyl groups excluding tert-OH is 1. The number of esters is 1. The summed E-state index contributed by atoms with van der Waals surface area (Å²) in [5.41, 5.74) is 7.72. The van der Waals surface area contributed by atoms with Crippen LogP contribution in [0.15, 0.2) is 42.9 Å². The Morgan fingerprint density at radius 1 is 1.13 bits per heavy atom. The van der Waals surface area contributed by atoms with E-state index in [0.29, 0.717) is 25.3 Å². The molecule has 13 heteroatoms. The van der Waals surface area contributed by atoms with Crippen molar-refractivity contribution in [3.05, 3.63) is 54.1 Å². The van der Waals surface area contributed by atoms with Crippen LogP contribution in [-0.4, -0.2) is 106 Å². The summed E-state index contributed by atoms with van der Waals surface area (Å²) in [5.74, 6) is -1.74. The Kier molecular flexibility index (Phi) is 13.5. The van der Waals surface area contributed by atoms with Gasteiger partial charge >= 0.3 is 12.0 Å². The third-order valence-electron chi connectivity index (χ3n) is 8.71. The zero-order valence-electron chi connectivity index (χ0n) is 26.6. The third-order valence-corrected chi connectivity index (χ3v) is 8.71. The number of H-pyrrole nitrogens is 1. The first kappa shape index (κ1) is 35.1. The number of carbonyl (C=O) groups is 4. The fourth-order valence-corrected chi connectivity index (χ4v) is 6.26. The molecule has 2 aromatic rings. The number of nitrogens with one attached hydrogen (secondary N) is 2. The molecule has 1 aromatic carbocycles. The first-order valence-electron chi connectivity index (χ1n) is 16.4. The van der Waals surface area contributed by atoms with Crippen molar-refractivity contribution in [2.45, 2.75) is 88.9 Å². The molecule has 0 spiro atoms. The molecular formula is C33H48N6O7. The summed E-state index contributed by atoms with van der Waals surface area (Å²) in [4.78, 5) is 64.6. The molecule has 1 aromatic heterocycles. The zero-order chi connectivity index (χ0) is 32.9. The maximum atomic E-state index is 14.7. The van der Waals surface area contributed by atoms with E-state index in [0.717, 1.165) is 42.6 Å². The summed E-state index contributed by atoms with van der Waals surface area (Å²) < 4.78 is 10.6. The highest BCUT2D eigenvalue weighted by molar-refractivity contribution is 6.00. The fourth-order valence-electron chi connectivity index (χ4n) is 6.26. The number of ether oxygens (including phenoxy) is 2. The summed E-state index contributed by atoms with van der Waals surface area (Å²) in [6.45, 7) is 2.92. The van der Waals surface area contributed by atoms with Gasteiger partial charge in [0.2, 0.25) is 5.91 Å². The van der Waals surface area contributed by atoms with Gasteiger partial charge in [0, 0.05) is 31.4 Å². The summed E-state index contributed by atoms with van der Waals surface area (Å²) in [7, 11) is 0. The monoisotopic (exact) mass is 640 g/mol. The van der Waals surface area contributed by atoms with Crippen LogP contribution in [-0.2, 0) is 36.7 Å². The predicted molar refractivity (Wildman–Crippen MR) is 169 cm³/mol. The number of aliphatic hydroxyl groups is 1. The number of aromatic amines is 1. The number of nitrogens with zero attached hydrogens (tertiary/aromatic N) is 3. The van der Waals surface area contributed by atoms with Gasteiger partial charge in [-0.1, -0.05) is 62.4 Å². The number of imidazole rings is 1. The van der Waals surface area contributed by atoms with Crippen LogP contribution in [0.25, 0.3) is 0 Å². The number of rotatable bonds is 14. The van der Waals surface area contributed by atoms with Gasteiger partial charge in [0.15, 0.2) is 0 Å². The summed E-state index contributed by atoms with van der Waals surface area (Å²) in [5, 5.41) is 14.4. The van der Waals surface area contributed by atoms with Crippen molar-refractivity contribution in [1.29, 1.82) is 0 Å². The van der Waals surface area contributed by atoms with Crippen molar-refractivity contribution >= 4 is 23.8 Å². The van der Waals surface area contributed by atoms with Crippen molar-refractivity contribution in [2.75, 3.05) is 32.9 Å². The van der Waals surface area contributed by atoms with Crippen LogP contribution in [0.1, 0.15) is 63.1 Å². The SMILES string of the molecule is CCOC(=O)C[C@H](O)[C@H](CC1CCCCC1)N(C(=O)[C@H](Cc1cnc[nH]1)NC(=O)[C@@H](N)Cc1ccccc1)C(=O)N1CCOCC1. The molecule has 1 saturated carbocycles. The second-order valence-corrected chi connectivity index (χ2v) is 12.1. The average molecular weight is 641 g/mol. The zero-order valence-corrected chi connectivity index (χ0v) is 26.6. The van der Waals surface area contributed by atoms with Gasteiger partial charge in [0.05, 0.1) is 50.8 Å². The number of nitrogens with two attached hydrogens (primary N) is 1. The predicted octanol–water partition coefficient (Wildman–Crippen LogP) is 1.94. The van der Waals surface area contributed by atoms with Crippen LogP contribution >= 0.6 is 0 Å². The molecule has 2 aliphatic rings. The molecule has 1 aliphatic carbocycles. The van der Waals surface area contributed by atoms with E-state index in [1.54, 1.807) is 13.1 Å². The standard InChI is InChI=1S/C33H48N6O7/c1-2-46-30(41)20-29(40)28(18-24-11-7-4-8-12-24)39(33(44)38-13-15-45-16-14-38)32(43)27(19-25-21-35-22-36-25)37-31(42)26(34)17-23-9-5-3-6-10-23/h3,5-6,9-10,21-22,24,26-29,40H,2,4,7-8,11-20,34H2,1H3,(H,35,36)(H,37,42)/t26-,27-,28-,29-/m0/s1. The fraction of sp³-hybridized carbons (Fsp3) is 0.606. The van der Waals surface area contributed by atoms with Gasteiger partial charge in [-0.2, -0.15) is 0 Å². The molecule has 252 valence electrons. The van der Waals surface area contributed by atoms with Gasteiger partial charge in [-0.3, -0.25) is 19.3 Å². The number of imide groups is 1. The maximum Gasteiger partial charge on any atom is 0.327 e. The average Bonchev–Trinajstić information content (AvgIpc) is 3.58. The number of urea groups is 1. The molecule has 5 N–H and O–H groups in total. The van der Waals surface area contributed by atoms with E-state index in [2.05, 4.69) is 15.3 Å². The topological polar surface area (TPSA) is 180 Å². The van der Waals surface area contributed by atoms with Gasteiger partial charge < -0.3 is 35.5 Å². The second kappa shape index (κ2) is 17.8. The van der Waals surface area contributed by atoms with E-state index in [9.17, 15) is 24.3 Å². The van der Waals surface area contributed by atoms with E-state index < -0.39 is 48.0 Å². The lowest BCUT2D eigenvalue weighted by Crippen LogP contribution is -2.62.